The van der Waals surface area contributed by atoms with E-state index < -0.39 is 0 Å². The average molecular weight is 287 g/mol. The lowest BCUT2D eigenvalue weighted by Gasteiger charge is -2.09. The first kappa shape index (κ1) is 11.3. The third-order valence-electron chi connectivity index (χ3n) is 2.53. The van der Waals surface area contributed by atoms with Crippen LogP contribution >= 0.6 is 27.3 Å². The summed E-state index contributed by atoms with van der Waals surface area (Å²) in [5.74, 6) is 0.614. The number of thiophene rings is 1. The lowest BCUT2D eigenvalue weighted by Crippen LogP contribution is -2.23. The van der Waals surface area contributed by atoms with Crippen LogP contribution in [0.2, 0.25) is 0 Å². The molecule has 0 saturated carbocycles. The molecule has 3 N–H and O–H groups in total. The Balaban J connectivity index is 1.69. The molecule has 2 nitrogen and oxygen atoms in total. The first-order chi connectivity index (χ1) is 7.24. The monoisotopic (exact) mass is 286 g/mol. The molecule has 0 bridgehead atoms. The summed E-state index contributed by atoms with van der Waals surface area (Å²) < 4.78 is 1.17. The van der Waals surface area contributed by atoms with Crippen molar-refractivity contribution in [3.63, 3.8) is 0 Å². The zero-order chi connectivity index (χ0) is 10.7. The molecule has 0 saturated heterocycles. The fraction of sp³-hybridized carbons (Fsp3) is 0.455. The quantitative estimate of drug-likeness (QED) is 0.835. The van der Waals surface area contributed by atoms with Crippen LogP contribution in [0.3, 0.4) is 0 Å². The molecule has 0 amide bonds. The van der Waals surface area contributed by atoms with Crippen LogP contribution in [0.4, 0.5) is 0 Å². The molecule has 0 radical (unpaired) electrons. The van der Waals surface area contributed by atoms with Gasteiger partial charge in [0, 0.05) is 33.9 Å². The van der Waals surface area contributed by atoms with Crippen molar-refractivity contribution in [2.45, 2.75) is 19.0 Å². The molecule has 4 heteroatoms. The lowest BCUT2D eigenvalue weighted by atomic mass is 10.1. The van der Waals surface area contributed by atoms with E-state index in [0.29, 0.717) is 5.92 Å². The van der Waals surface area contributed by atoms with Crippen molar-refractivity contribution in [2.75, 3.05) is 6.54 Å². The van der Waals surface area contributed by atoms with E-state index in [0.717, 1.165) is 19.5 Å². The highest BCUT2D eigenvalue weighted by Gasteiger charge is 2.14. The molecule has 0 spiro atoms. The number of hydrogen-bond acceptors (Lipinski definition) is 3. The molecule has 2 atom stereocenters. The Labute approximate surface area is 103 Å². The molecule has 1 heterocycles. The van der Waals surface area contributed by atoms with Crippen molar-refractivity contribution >= 4 is 27.3 Å². The highest BCUT2D eigenvalue weighted by atomic mass is 79.9. The van der Waals surface area contributed by atoms with Crippen LogP contribution in [0.5, 0.6) is 0 Å². The third kappa shape index (κ3) is 3.41. The summed E-state index contributed by atoms with van der Waals surface area (Å²) in [5.41, 5.74) is 5.79. The minimum atomic E-state index is 0.271. The molecule has 2 rings (SSSR count). The Morgan fingerprint density at radius 3 is 3.00 bits per heavy atom. The smallest absolute Gasteiger partial charge is 0.0300 e. The Kier molecular flexibility index (Phi) is 3.97. The molecule has 82 valence electrons. The molecule has 1 aromatic heterocycles. The molecule has 0 aliphatic heterocycles. The van der Waals surface area contributed by atoms with E-state index in [1.165, 1.54) is 9.35 Å². The second-order valence-corrected chi connectivity index (χ2v) is 5.82. The summed E-state index contributed by atoms with van der Waals surface area (Å²) in [5, 5.41) is 5.57. The summed E-state index contributed by atoms with van der Waals surface area (Å²) in [6.07, 6.45) is 5.41. The van der Waals surface area contributed by atoms with E-state index in [1.54, 1.807) is 11.3 Å². The van der Waals surface area contributed by atoms with Crippen LogP contribution in [0.1, 0.15) is 11.3 Å². The summed E-state index contributed by atoms with van der Waals surface area (Å²) in [7, 11) is 0. The van der Waals surface area contributed by atoms with Crippen LogP contribution < -0.4 is 11.1 Å². The molecule has 15 heavy (non-hydrogen) atoms. The fourth-order valence-corrected chi connectivity index (χ4v) is 3.21. The van der Waals surface area contributed by atoms with Gasteiger partial charge in [-0.2, -0.15) is 0 Å². The first-order valence-electron chi connectivity index (χ1n) is 5.11. The summed E-state index contributed by atoms with van der Waals surface area (Å²) >= 11 is 5.23. The van der Waals surface area contributed by atoms with Crippen LogP contribution in [-0.4, -0.2) is 12.6 Å². The van der Waals surface area contributed by atoms with Gasteiger partial charge in [-0.1, -0.05) is 12.2 Å². The first-order valence-corrected chi connectivity index (χ1v) is 6.79. The van der Waals surface area contributed by atoms with E-state index in [9.17, 15) is 0 Å². The van der Waals surface area contributed by atoms with Gasteiger partial charge in [0.25, 0.3) is 0 Å². The van der Waals surface area contributed by atoms with E-state index in [2.05, 4.69) is 44.8 Å². The summed E-state index contributed by atoms with van der Waals surface area (Å²) in [4.78, 5) is 1.37. The standard InChI is InChI=1S/C11H15BrN2S/c12-9-4-11(15-7-9)6-14-5-8-1-2-10(13)3-8/h1-2,4,7-8,10,14H,3,5-6,13H2. The SMILES string of the molecule is NC1C=CC(CNCc2cc(Br)cs2)C1. The van der Waals surface area contributed by atoms with Crippen molar-refractivity contribution in [1.82, 2.24) is 5.32 Å². The van der Waals surface area contributed by atoms with Gasteiger partial charge in [0.15, 0.2) is 0 Å². The third-order valence-corrected chi connectivity index (χ3v) is 4.23. The molecular weight excluding hydrogens is 272 g/mol. The predicted molar refractivity (Wildman–Crippen MR) is 68.9 cm³/mol. The molecular formula is C11H15BrN2S. The van der Waals surface area contributed by atoms with Gasteiger partial charge in [0.2, 0.25) is 0 Å². The van der Waals surface area contributed by atoms with Crippen LogP contribution in [0.15, 0.2) is 28.1 Å². The van der Waals surface area contributed by atoms with Crippen molar-refractivity contribution in [3.05, 3.63) is 32.9 Å². The van der Waals surface area contributed by atoms with Crippen LogP contribution in [0.25, 0.3) is 0 Å². The van der Waals surface area contributed by atoms with Crippen LogP contribution in [-0.2, 0) is 6.54 Å². The lowest BCUT2D eigenvalue weighted by molar-refractivity contribution is 0.529. The van der Waals surface area contributed by atoms with Gasteiger partial charge in [-0.3, -0.25) is 0 Å². The van der Waals surface area contributed by atoms with Crippen molar-refractivity contribution < 1.29 is 0 Å². The van der Waals surface area contributed by atoms with Crippen molar-refractivity contribution in [2.24, 2.45) is 11.7 Å². The van der Waals surface area contributed by atoms with Gasteiger partial charge >= 0.3 is 0 Å². The highest BCUT2D eigenvalue weighted by Crippen LogP contribution is 2.20. The maximum absolute atomic E-state index is 5.79. The largest absolute Gasteiger partial charge is 0.324 e. The minimum Gasteiger partial charge on any atom is -0.324 e. The Morgan fingerprint density at radius 2 is 2.40 bits per heavy atom. The second-order valence-electron chi connectivity index (χ2n) is 3.91. The fourth-order valence-electron chi connectivity index (χ4n) is 1.79. The molecule has 1 aromatic rings. The van der Waals surface area contributed by atoms with E-state index in [1.807, 2.05) is 0 Å². The molecule has 2 unspecified atom stereocenters. The van der Waals surface area contributed by atoms with Gasteiger partial charge in [0.05, 0.1) is 0 Å². The zero-order valence-electron chi connectivity index (χ0n) is 8.45. The van der Waals surface area contributed by atoms with E-state index in [4.69, 9.17) is 5.73 Å². The van der Waals surface area contributed by atoms with Gasteiger partial charge in [0.1, 0.15) is 0 Å². The predicted octanol–water partition coefficient (Wildman–Crippen LogP) is 2.50. The number of rotatable bonds is 4. The maximum atomic E-state index is 5.79. The van der Waals surface area contributed by atoms with Crippen LogP contribution in [0, 0.1) is 5.92 Å². The van der Waals surface area contributed by atoms with Gasteiger partial charge in [-0.05, 0) is 34.3 Å². The molecule has 1 aliphatic rings. The number of hydrogen-bond donors (Lipinski definition) is 2. The molecule has 1 aliphatic carbocycles. The second kappa shape index (κ2) is 5.25. The molecule has 0 aromatic carbocycles. The van der Waals surface area contributed by atoms with Crippen molar-refractivity contribution in [1.29, 1.82) is 0 Å². The molecule has 0 fully saturated rings. The topological polar surface area (TPSA) is 38.0 Å². The summed E-state index contributed by atoms with van der Waals surface area (Å²) in [6.45, 7) is 1.98. The number of nitrogens with one attached hydrogen (secondary N) is 1. The minimum absolute atomic E-state index is 0.271. The number of halogens is 1. The van der Waals surface area contributed by atoms with E-state index >= 15 is 0 Å². The average Bonchev–Trinajstić information content (AvgIpc) is 2.76. The number of nitrogens with two attached hydrogens (primary N) is 1. The highest BCUT2D eigenvalue weighted by molar-refractivity contribution is 9.10. The summed E-state index contributed by atoms with van der Waals surface area (Å²) in [6, 6.07) is 2.43. The Bertz CT molecular complexity index is 348. The Morgan fingerprint density at radius 1 is 1.53 bits per heavy atom. The van der Waals surface area contributed by atoms with Gasteiger partial charge in [-0.25, -0.2) is 0 Å². The maximum Gasteiger partial charge on any atom is 0.0300 e. The Hall–Kier alpha value is -0.160. The van der Waals surface area contributed by atoms with E-state index in [-0.39, 0.29) is 6.04 Å². The van der Waals surface area contributed by atoms with Gasteiger partial charge in [-0.15, -0.1) is 11.3 Å². The zero-order valence-corrected chi connectivity index (χ0v) is 10.9. The normalized spacial score (nSPS) is 24.9. The van der Waals surface area contributed by atoms with Gasteiger partial charge < -0.3 is 11.1 Å². The van der Waals surface area contributed by atoms with Crippen molar-refractivity contribution in [3.8, 4) is 0 Å².